The van der Waals surface area contributed by atoms with E-state index in [-0.39, 0.29) is 17.1 Å². The van der Waals surface area contributed by atoms with Crippen LogP contribution in [0.1, 0.15) is 12.5 Å². The van der Waals surface area contributed by atoms with E-state index in [0.717, 1.165) is 16.4 Å². The van der Waals surface area contributed by atoms with Gasteiger partial charge in [0.2, 0.25) is 5.91 Å². The van der Waals surface area contributed by atoms with Crippen LogP contribution >= 0.6 is 23.4 Å². The molecule has 0 aromatic heterocycles. The van der Waals surface area contributed by atoms with Gasteiger partial charge in [0.15, 0.2) is 0 Å². The third-order valence-corrected chi connectivity index (χ3v) is 8.13. The maximum Gasteiger partial charge on any atom is 0.264 e. The number of nitrogens with zero attached hydrogens (tertiary/aromatic N) is 1. The van der Waals surface area contributed by atoms with E-state index in [9.17, 15) is 22.0 Å². The van der Waals surface area contributed by atoms with Crippen molar-refractivity contribution in [1.82, 2.24) is 5.32 Å². The molecule has 0 saturated carbocycles. The molecule has 0 fully saturated rings. The monoisotopic (exact) mass is 554 g/mol. The lowest BCUT2D eigenvalue weighted by molar-refractivity contribution is -0.119. The van der Waals surface area contributed by atoms with Gasteiger partial charge in [-0.05, 0) is 67.6 Å². The molecule has 0 aliphatic heterocycles. The Hall–Kier alpha value is -2.82. The summed E-state index contributed by atoms with van der Waals surface area (Å²) in [5, 5.41) is 3.01. The first kappa shape index (κ1) is 27.8. The molecule has 0 aliphatic rings. The quantitative estimate of drug-likeness (QED) is 0.309. The SMILES string of the molecule is CCOc1ccc(S(=O)(=O)N(CC(=O)NCCSCc2c(F)cccc2Cl)c2ccc(F)cc2)cc1. The highest BCUT2D eigenvalue weighted by Gasteiger charge is 2.27. The topological polar surface area (TPSA) is 75.7 Å². The van der Waals surface area contributed by atoms with Gasteiger partial charge in [-0.2, -0.15) is 11.8 Å². The maximum absolute atomic E-state index is 13.9. The van der Waals surface area contributed by atoms with Crippen molar-refractivity contribution in [2.75, 3.05) is 29.8 Å². The van der Waals surface area contributed by atoms with Crippen LogP contribution in [0.5, 0.6) is 5.75 Å². The number of carbonyl (C=O) groups excluding carboxylic acids is 1. The van der Waals surface area contributed by atoms with Gasteiger partial charge >= 0.3 is 0 Å². The van der Waals surface area contributed by atoms with Crippen molar-refractivity contribution in [3.63, 3.8) is 0 Å². The van der Waals surface area contributed by atoms with Crippen molar-refractivity contribution in [2.45, 2.75) is 17.6 Å². The van der Waals surface area contributed by atoms with Gasteiger partial charge in [-0.3, -0.25) is 9.10 Å². The van der Waals surface area contributed by atoms with Crippen LogP contribution in [0.4, 0.5) is 14.5 Å². The van der Waals surface area contributed by atoms with Gasteiger partial charge in [-0.1, -0.05) is 17.7 Å². The summed E-state index contributed by atoms with van der Waals surface area (Å²) in [5.74, 6) is -0.175. The normalized spacial score (nSPS) is 11.2. The predicted octanol–water partition coefficient (Wildman–Crippen LogP) is 5.26. The second-order valence-corrected chi connectivity index (χ2v) is 10.9. The summed E-state index contributed by atoms with van der Waals surface area (Å²) in [6, 6.07) is 15.1. The molecule has 0 spiro atoms. The Labute approximate surface area is 218 Å². The summed E-state index contributed by atoms with van der Waals surface area (Å²) in [7, 11) is -4.14. The predicted molar refractivity (Wildman–Crippen MR) is 139 cm³/mol. The van der Waals surface area contributed by atoms with E-state index in [1.807, 2.05) is 6.92 Å². The molecule has 3 aromatic rings. The first-order chi connectivity index (χ1) is 17.2. The zero-order valence-electron chi connectivity index (χ0n) is 19.4. The van der Waals surface area contributed by atoms with Crippen molar-refractivity contribution < 1.29 is 26.7 Å². The number of benzene rings is 3. The highest BCUT2D eigenvalue weighted by molar-refractivity contribution is 7.98. The second kappa shape index (κ2) is 12.9. The minimum absolute atomic E-state index is 0.0413. The molecule has 0 heterocycles. The standard InChI is InChI=1S/C25H25ClF2N2O4S2/c1-2-34-20-10-12-21(13-11-20)36(32,33)30(19-8-6-18(27)7-9-19)16-25(31)29-14-15-35-17-22-23(26)4-3-5-24(22)28/h3-13H,2,14-17H2,1H3,(H,29,31). The van der Waals surface area contributed by atoms with Gasteiger partial charge in [-0.15, -0.1) is 0 Å². The molecular weight excluding hydrogens is 530 g/mol. The van der Waals surface area contributed by atoms with Gasteiger partial charge in [0.05, 0.1) is 17.2 Å². The van der Waals surface area contributed by atoms with Crippen LogP contribution in [-0.4, -0.2) is 39.8 Å². The molecule has 1 N–H and O–H groups in total. The third kappa shape index (κ3) is 7.35. The van der Waals surface area contributed by atoms with E-state index in [1.165, 1.54) is 60.3 Å². The molecule has 0 saturated heterocycles. The van der Waals surface area contributed by atoms with Gasteiger partial charge in [-0.25, -0.2) is 17.2 Å². The number of ether oxygens (including phenoxy) is 1. The van der Waals surface area contributed by atoms with E-state index < -0.39 is 34.1 Å². The largest absolute Gasteiger partial charge is 0.494 e. The number of amides is 1. The summed E-state index contributed by atoms with van der Waals surface area (Å²) in [6.45, 7) is 1.97. The maximum atomic E-state index is 13.9. The number of sulfonamides is 1. The molecule has 0 aliphatic carbocycles. The molecular formula is C25H25ClF2N2O4S2. The Kier molecular flexibility index (Phi) is 9.98. The summed E-state index contributed by atoms with van der Waals surface area (Å²) in [5.41, 5.74) is 0.531. The average molecular weight is 555 g/mol. The Bertz CT molecular complexity index is 1250. The lowest BCUT2D eigenvalue weighted by atomic mass is 10.2. The first-order valence-corrected chi connectivity index (χ1v) is 14.0. The molecule has 6 nitrogen and oxygen atoms in total. The first-order valence-electron chi connectivity index (χ1n) is 11.0. The Balaban J connectivity index is 1.66. The van der Waals surface area contributed by atoms with Crippen LogP contribution in [0.15, 0.2) is 71.6 Å². The van der Waals surface area contributed by atoms with Crippen LogP contribution in [0, 0.1) is 11.6 Å². The number of thioether (sulfide) groups is 1. The average Bonchev–Trinajstić information content (AvgIpc) is 2.85. The van der Waals surface area contributed by atoms with Gasteiger partial charge < -0.3 is 10.1 Å². The minimum Gasteiger partial charge on any atom is -0.494 e. The number of hydrogen-bond donors (Lipinski definition) is 1. The number of halogens is 3. The Morgan fingerprint density at radius 1 is 1.06 bits per heavy atom. The van der Waals surface area contributed by atoms with Crippen molar-refractivity contribution in [2.24, 2.45) is 0 Å². The number of hydrogen-bond acceptors (Lipinski definition) is 5. The lowest BCUT2D eigenvalue weighted by Crippen LogP contribution is -2.41. The van der Waals surface area contributed by atoms with Crippen LogP contribution < -0.4 is 14.4 Å². The molecule has 3 aromatic carbocycles. The Morgan fingerprint density at radius 3 is 2.39 bits per heavy atom. The molecule has 0 atom stereocenters. The van der Waals surface area contributed by atoms with E-state index >= 15 is 0 Å². The molecule has 0 unspecified atom stereocenters. The van der Waals surface area contributed by atoms with Crippen LogP contribution in [-0.2, 0) is 20.6 Å². The smallest absolute Gasteiger partial charge is 0.264 e. The second-order valence-electron chi connectivity index (χ2n) is 7.50. The van der Waals surface area contributed by atoms with E-state index in [1.54, 1.807) is 6.07 Å². The number of carbonyl (C=O) groups is 1. The van der Waals surface area contributed by atoms with Crippen molar-refractivity contribution in [3.8, 4) is 5.75 Å². The minimum atomic E-state index is -4.14. The summed E-state index contributed by atoms with van der Waals surface area (Å²) in [6.07, 6.45) is 0. The van der Waals surface area contributed by atoms with Gasteiger partial charge in [0.25, 0.3) is 10.0 Å². The van der Waals surface area contributed by atoms with Crippen LogP contribution in [0.2, 0.25) is 5.02 Å². The lowest BCUT2D eigenvalue weighted by Gasteiger charge is -2.24. The van der Waals surface area contributed by atoms with E-state index in [0.29, 0.717) is 34.4 Å². The fourth-order valence-electron chi connectivity index (χ4n) is 3.22. The van der Waals surface area contributed by atoms with Crippen LogP contribution in [0.3, 0.4) is 0 Å². The molecule has 3 rings (SSSR count). The molecule has 192 valence electrons. The number of rotatable bonds is 12. The molecule has 36 heavy (non-hydrogen) atoms. The fraction of sp³-hybridized carbons (Fsp3) is 0.240. The summed E-state index contributed by atoms with van der Waals surface area (Å²) in [4.78, 5) is 12.6. The van der Waals surface area contributed by atoms with Crippen molar-refractivity contribution >= 4 is 45.0 Å². The summed E-state index contributed by atoms with van der Waals surface area (Å²) >= 11 is 7.40. The highest BCUT2D eigenvalue weighted by atomic mass is 35.5. The number of anilines is 1. The van der Waals surface area contributed by atoms with Gasteiger partial charge in [0.1, 0.15) is 23.9 Å². The van der Waals surface area contributed by atoms with Crippen LogP contribution in [0.25, 0.3) is 0 Å². The molecule has 0 radical (unpaired) electrons. The highest BCUT2D eigenvalue weighted by Crippen LogP contribution is 2.26. The summed E-state index contributed by atoms with van der Waals surface area (Å²) < 4.78 is 60.4. The third-order valence-electron chi connectivity index (χ3n) is 5.00. The Morgan fingerprint density at radius 2 is 1.75 bits per heavy atom. The van der Waals surface area contributed by atoms with E-state index in [2.05, 4.69) is 5.32 Å². The van der Waals surface area contributed by atoms with Crippen molar-refractivity contribution in [1.29, 1.82) is 0 Å². The fourth-order valence-corrected chi connectivity index (χ4v) is 5.84. The zero-order valence-corrected chi connectivity index (χ0v) is 21.8. The van der Waals surface area contributed by atoms with E-state index in [4.69, 9.17) is 16.3 Å². The van der Waals surface area contributed by atoms with Gasteiger partial charge in [0, 0.05) is 28.6 Å². The zero-order chi connectivity index (χ0) is 26.1. The molecule has 0 bridgehead atoms. The molecule has 1 amide bonds. The number of nitrogens with one attached hydrogen (secondary N) is 1. The molecule has 11 heteroatoms. The van der Waals surface area contributed by atoms with Crippen molar-refractivity contribution in [3.05, 3.63) is 89.0 Å².